The molecule has 1 spiro atoms. The van der Waals surface area contributed by atoms with Gasteiger partial charge in [0.15, 0.2) is 9.84 Å². The number of rotatable bonds is 4. The van der Waals surface area contributed by atoms with Crippen LogP contribution in [0.3, 0.4) is 0 Å². The zero-order chi connectivity index (χ0) is 20.1. The lowest BCUT2D eigenvalue weighted by Crippen LogP contribution is -2.67. The first-order valence-electron chi connectivity index (χ1n) is 9.39. The number of carbonyl (C=O) groups excluding carboxylic acids is 1. The van der Waals surface area contributed by atoms with Gasteiger partial charge >= 0.3 is 0 Å². The minimum atomic E-state index is -3.35. The second-order valence-electron chi connectivity index (χ2n) is 7.61. The topological polar surface area (TPSA) is 93.4 Å². The molecule has 4 heterocycles. The van der Waals surface area contributed by atoms with E-state index in [1.807, 2.05) is 47.2 Å². The van der Waals surface area contributed by atoms with Crippen LogP contribution in [0.5, 0.6) is 0 Å². The van der Waals surface area contributed by atoms with Gasteiger partial charge < -0.3 is 9.42 Å². The van der Waals surface area contributed by atoms with Crippen LogP contribution in [0.4, 0.5) is 0 Å². The summed E-state index contributed by atoms with van der Waals surface area (Å²) < 4.78 is 30.2. The normalized spacial score (nSPS) is 21.9. The molecular formula is C20H19N3O4S2. The molecule has 1 amide bonds. The number of benzene rings is 1. The van der Waals surface area contributed by atoms with Gasteiger partial charge in [0.1, 0.15) is 4.75 Å². The van der Waals surface area contributed by atoms with Crippen molar-refractivity contribution in [3.05, 3.63) is 58.6 Å². The average molecular weight is 430 g/mol. The fraction of sp³-hybridized carbons (Fsp3) is 0.350. The summed E-state index contributed by atoms with van der Waals surface area (Å²) in [4.78, 5) is 18.7. The van der Waals surface area contributed by atoms with Crippen molar-refractivity contribution < 1.29 is 17.7 Å². The fourth-order valence-electron chi connectivity index (χ4n) is 4.26. The van der Waals surface area contributed by atoms with E-state index < -0.39 is 14.6 Å². The van der Waals surface area contributed by atoms with Crippen LogP contribution >= 0.6 is 11.3 Å². The summed E-state index contributed by atoms with van der Waals surface area (Å²) in [6.07, 6.45) is 0.730. The van der Waals surface area contributed by atoms with E-state index in [0.717, 1.165) is 11.1 Å². The average Bonchev–Trinajstić information content (AvgIpc) is 3.39. The molecule has 2 saturated heterocycles. The van der Waals surface area contributed by atoms with E-state index in [4.69, 9.17) is 4.52 Å². The van der Waals surface area contributed by atoms with Crippen molar-refractivity contribution in [2.45, 2.75) is 23.5 Å². The number of sulfone groups is 1. The van der Waals surface area contributed by atoms with Gasteiger partial charge in [-0.05, 0) is 28.8 Å². The highest BCUT2D eigenvalue weighted by atomic mass is 32.2. The zero-order valence-electron chi connectivity index (χ0n) is 15.5. The Balaban J connectivity index is 1.38. The third-order valence-corrected chi connectivity index (χ3v) is 9.19. The number of likely N-dealkylation sites (tertiary alicyclic amines) is 1. The monoisotopic (exact) mass is 429 g/mol. The van der Waals surface area contributed by atoms with Crippen molar-refractivity contribution in [3.8, 4) is 11.4 Å². The highest BCUT2D eigenvalue weighted by molar-refractivity contribution is 7.93. The molecule has 9 heteroatoms. The number of aromatic nitrogens is 2. The predicted octanol–water partition coefficient (Wildman–Crippen LogP) is 2.52. The number of hydrogen-bond acceptors (Lipinski definition) is 7. The Morgan fingerprint density at radius 3 is 2.76 bits per heavy atom. The van der Waals surface area contributed by atoms with Gasteiger partial charge in [-0.15, -0.1) is 0 Å². The van der Waals surface area contributed by atoms with E-state index in [2.05, 4.69) is 10.1 Å². The largest absolute Gasteiger partial charge is 0.339 e. The summed E-state index contributed by atoms with van der Waals surface area (Å²) >= 11 is 1.54. The lowest BCUT2D eigenvalue weighted by atomic mass is 9.82. The molecule has 3 aromatic rings. The van der Waals surface area contributed by atoms with E-state index in [-0.39, 0.29) is 30.7 Å². The van der Waals surface area contributed by atoms with E-state index in [9.17, 15) is 13.2 Å². The zero-order valence-corrected chi connectivity index (χ0v) is 17.2. The molecule has 2 aliphatic heterocycles. The number of amides is 1. The van der Waals surface area contributed by atoms with Crippen LogP contribution in [-0.4, -0.2) is 53.0 Å². The molecule has 0 aliphatic carbocycles. The summed E-state index contributed by atoms with van der Waals surface area (Å²) in [5, 5.41) is 7.91. The molecule has 0 bridgehead atoms. The highest BCUT2D eigenvalue weighted by Crippen LogP contribution is 2.49. The lowest BCUT2D eigenvalue weighted by Gasteiger charge is -2.49. The summed E-state index contributed by atoms with van der Waals surface area (Å²) in [6.45, 7) is 0.373. The van der Waals surface area contributed by atoms with Crippen LogP contribution in [0.25, 0.3) is 11.4 Å². The molecule has 29 heavy (non-hydrogen) atoms. The number of carbonyl (C=O) groups is 1. The van der Waals surface area contributed by atoms with Gasteiger partial charge in [-0.3, -0.25) is 4.79 Å². The molecule has 5 rings (SSSR count). The maximum absolute atomic E-state index is 12.9. The van der Waals surface area contributed by atoms with E-state index in [0.29, 0.717) is 24.6 Å². The maximum Gasteiger partial charge on any atom is 0.231 e. The van der Waals surface area contributed by atoms with Gasteiger partial charge in [0, 0.05) is 18.7 Å². The first-order chi connectivity index (χ1) is 14.0. The summed E-state index contributed by atoms with van der Waals surface area (Å²) in [6, 6.07) is 11.3. The van der Waals surface area contributed by atoms with Crippen LogP contribution in [0.1, 0.15) is 23.8 Å². The Hall–Kier alpha value is -2.52. The molecule has 0 saturated carbocycles. The van der Waals surface area contributed by atoms with Crippen molar-refractivity contribution in [1.29, 1.82) is 0 Å². The molecule has 1 unspecified atom stereocenters. The van der Waals surface area contributed by atoms with Gasteiger partial charge in [-0.2, -0.15) is 16.3 Å². The smallest absolute Gasteiger partial charge is 0.231 e. The van der Waals surface area contributed by atoms with Gasteiger partial charge in [-0.25, -0.2) is 8.42 Å². The Kier molecular flexibility index (Phi) is 4.32. The second-order valence-corrected chi connectivity index (χ2v) is 10.8. The van der Waals surface area contributed by atoms with Crippen LogP contribution < -0.4 is 0 Å². The highest BCUT2D eigenvalue weighted by Gasteiger charge is 2.64. The molecule has 0 N–H and O–H groups in total. The summed E-state index contributed by atoms with van der Waals surface area (Å²) in [5.74, 6) is 0.431. The Labute approximate surface area is 172 Å². The van der Waals surface area contributed by atoms with Gasteiger partial charge in [0.25, 0.3) is 0 Å². The first kappa shape index (κ1) is 18.5. The second kappa shape index (κ2) is 6.77. The standard InChI is InChI=1S/C20H19N3O4S2/c24-17(10-14-6-8-28-11-14)23-12-20(13-23)16(7-9-29(20,25)26)19-21-18(22-27-19)15-4-2-1-3-5-15/h1-6,8,11,16H,7,9-10,12-13H2. The van der Waals surface area contributed by atoms with Crippen LogP contribution in [0, 0.1) is 0 Å². The Morgan fingerprint density at radius 2 is 2.03 bits per heavy atom. The van der Waals surface area contributed by atoms with Crippen LogP contribution in [0.2, 0.25) is 0 Å². The molecular weight excluding hydrogens is 410 g/mol. The lowest BCUT2D eigenvalue weighted by molar-refractivity contribution is -0.136. The SMILES string of the molecule is O=C(Cc1ccsc1)N1CC2(C1)C(c1nc(-c3ccccc3)no1)CCS2(=O)=O. The van der Waals surface area contributed by atoms with E-state index in [1.54, 1.807) is 16.2 Å². The molecule has 0 radical (unpaired) electrons. The number of nitrogens with zero attached hydrogens (tertiary/aromatic N) is 3. The maximum atomic E-state index is 12.9. The van der Waals surface area contributed by atoms with Crippen molar-refractivity contribution in [2.75, 3.05) is 18.8 Å². The molecule has 1 aromatic carbocycles. The van der Waals surface area contributed by atoms with Crippen molar-refractivity contribution in [2.24, 2.45) is 0 Å². The molecule has 2 aromatic heterocycles. The molecule has 2 fully saturated rings. The third-order valence-electron chi connectivity index (χ3n) is 5.91. The molecule has 7 nitrogen and oxygen atoms in total. The van der Waals surface area contributed by atoms with Crippen molar-refractivity contribution in [3.63, 3.8) is 0 Å². The minimum Gasteiger partial charge on any atom is -0.339 e. The molecule has 150 valence electrons. The van der Waals surface area contributed by atoms with Gasteiger partial charge in [-0.1, -0.05) is 35.5 Å². The van der Waals surface area contributed by atoms with Crippen molar-refractivity contribution in [1.82, 2.24) is 15.0 Å². The Bertz CT molecular complexity index is 1130. The third kappa shape index (κ3) is 3.00. The fourth-order valence-corrected chi connectivity index (χ4v) is 7.24. The first-order valence-corrected chi connectivity index (χ1v) is 12.0. The Morgan fingerprint density at radius 1 is 1.24 bits per heavy atom. The quantitative estimate of drug-likeness (QED) is 0.633. The number of hydrogen-bond donors (Lipinski definition) is 0. The number of thiophene rings is 1. The van der Waals surface area contributed by atoms with Crippen molar-refractivity contribution >= 4 is 27.1 Å². The van der Waals surface area contributed by atoms with E-state index >= 15 is 0 Å². The summed E-state index contributed by atoms with van der Waals surface area (Å²) in [7, 11) is -3.35. The van der Waals surface area contributed by atoms with Crippen LogP contribution in [-0.2, 0) is 21.1 Å². The predicted molar refractivity (Wildman–Crippen MR) is 108 cm³/mol. The van der Waals surface area contributed by atoms with E-state index in [1.165, 1.54) is 0 Å². The molecule has 1 atom stereocenters. The summed E-state index contributed by atoms with van der Waals surface area (Å²) in [5.41, 5.74) is 1.77. The molecule has 2 aliphatic rings. The minimum absolute atomic E-state index is 0.0506. The van der Waals surface area contributed by atoms with Crippen LogP contribution in [0.15, 0.2) is 51.7 Å². The van der Waals surface area contributed by atoms with Gasteiger partial charge in [0.2, 0.25) is 17.6 Å². The van der Waals surface area contributed by atoms with Gasteiger partial charge in [0.05, 0.1) is 18.1 Å².